The highest BCUT2D eigenvalue weighted by Crippen LogP contribution is 2.35. The van der Waals surface area contributed by atoms with E-state index in [9.17, 15) is 4.79 Å². The second kappa shape index (κ2) is 8.96. The molecule has 0 spiro atoms. The van der Waals surface area contributed by atoms with E-state index in [-0.39, 0.29) is 36.6 Å². The Morgan fingerprint density at radius 3 is 2.49 bits per heavy atom. The number of nitrogens with zero attached hydrogens (tertiary/aromatic N) is 2. The van der Waals surface area contributed by atoms with Crippen LogP contribution in [0.3, 0.4) is 0 Å². The summed E-state index contributed by atoms with van der Waals surface area (Å²) in [5.41, 5.74) is 10.3. The summed E-state index contributed by atoms with van der Waals surface area (Å²) in [6.07, 6.45) is -0.604. The van der Waals surface area contributed by atoms with Gasteiger partial charge in [0.2, 0.25) is 5.91 Å². The van der Waals surface area contributed by atoms with Gasteiger partial charge in [0.25, 0.3) is 6.01 Å². The first-order chi connectivity index (χ1) is 17.0. The lowest BCUT2D eigenvalue weighted by Crippen LogP contribution is -2.34. The molecule has 2 aromatic heterocycles. The Bertz CT molecular complexity index is 1380. The van der Waals surface area contributed by atoms with E-state index in [1.165, 1.54) is 0 Å². The topological polar surface area (TPSA) is 112 Å². The number of nitrogens with two attached hydrogens (primary N) is 1. The smallest absolute Gasteiger partial charge is 0.296 e. The molecule has 0 aliphatic carbocycles. The van der Waals surface area contributed by atoms with Crippen LogP contribution < -0.4 is 10.5 Å². The zero-order valence-electron chi connectivity index (χ0n) is 18.7. The third kappa shape index (κ3) is 4.25. The van der Waals surface area contributed by atoms with E-state index in [1.807, 2.05) is 30.3 Å². The van der Waals surface area contributed by atoms with E-state index in [4.69, 9.17) is 31.5 Å². The van der Waals surface area contributed by atoms with Crippen molar-refractivity contribution in [1.82, 2.24) is 15.0 Å². The van der Waals surface area contributed by atoms with Gasteiger partial charge >= 0.3 is 0 Å². The molecule has 1 amide bonds. The van der Waals surface area contributed by atoms with Gasteiger partial charge in [0.1, 0.15) is 6.10 Å². The Morgan fingerprint density at radius 1 is 1.00 bits per heavy atom. The second-order valence-corrected chi connectivity index (χ2v) is 9.27. The van der Waals surface area contributed by atoms with Crippen LogP contribution in [0, 0.1) is 5.92 Å². The number of fused-ring (bicyclic) bond motifs is 2. The van der Waals surface area contributed by atoms with E-state index in [0.29, 0.717) is 41.1 Å². The molecule has 4 atom stereocenters. The maximum atomic E-state index is 11.3. The molecule has 178 valence electrons. The predicted molar refractivity (Wildman–Crippen MR) is 131 cm³/mol. The number of imidazole rings is 1. The number of rotatable bonds is 6. The van der Waals surface area contributed by atoms with Crippen LogP contribution in [0.2, 0.25) is 5.02 Å². The van der Waals surface area contributed by atoms with Gasteiger partial charge in [-0.15, -0.1) is 0 Å². The van der Waals surface area contributed by atoms with Crippen molar-refractivity contribution in [2.75, 3.05) is 13.2 Å². The number of halogens is 1. The van der Waals surface area contributed by atoms with Crippen LogP contribution in [-0.2, 0) is 14.3 Å². The van der Waals surface area contributed by atoms with E-state index in [2.05, 4.69) is 39.2 Å². The van der Waals surface area contributed by atoms with Crippen LogP contribution in [0.4, 0.5) is 0 Å². The lowest BCUT2D eigenvalue weighted by Gasteiger charge is -2.16. The first kappa shape index (κ1) is 22.0. The lowest BCUT2D eigenvalue weighted by molar-refractivity contribution is -0.119. The number of nitrogens with one attached hydrogen (secondary N) is 1. The third-order valence-corrected chi connectivity index (χ3v) is 6.80. The van der Waals surface area contributed by atoms with Crippen molar-refractivity contribution < 1.29 is 19.0 Å². The molecule has 4 aromatic rings. The molecule has 4 unspecified atom stereocenters. The molecule has 4 heterocycles. The number of pyridine rings is 1. The first-order valence-electron chi connectivity index (χ1n) is 11.5. The van der Waals surface area contributed by atoms with Gasteiger partial charge in [-0.2, -0.15) is 4.98 Å². The zero-order chi connectivity index (χ0) is 23.9. The largest absolute Gasteiger partial charge is 0.456 e. The van der Waals surface area contributed by atoms with Gasteiger partial charge in [0.05, 0.1) is 35.6 Å². The van der Waals surface area contributed by atoms with Gasteiger partial charge in [-0.1, -0.05) is 66.2 Å². The number of aromatic nitrogens is 3. The molecule has 3 N–H and O–H groups in total. The third-order valence-electron chi connectivity index (χ3n) is 6.51. The van der Waals surface area contributed by atoms with E-state index < -0.39 is 0 Å². The highest BCUT2D eigenvalue weighted by molar-refractivity contribution is 6.33. The van der Waals surface area contributed by atoms with Gasteiger partial charge in [-0.05, 0) is 17.2 Å². The molecule has 6 rings (SSSR count). The number of aromatic amines is 1. The molecular formula is C26H23ClN4O4. The Balaban J connectivity index is 1.21. The Morgan fingerprint density at radius 2 is 1.71 bits per heavy atom. The van der Waals surface area contributed by atoms with Crippen LogP contribution in [0.5, 0.6) is 6.01 Å². The van der Waals surface area contributed by atoms with Crippen molar-refractivity contribution in [1.29, 1.82) is 0 Å². The van der Waals surface area contributed by atoms with E-state index >= 15 is 0 Å². The van der Waals surface area contributed by atoms with Gasteiger partial charge in [0.15, 0.2) is 11.8 Å². The molecule has 0 radical (unpaired) electrons. The van der Waals surface area contributed by atoms with Crippen molar-refractivity contribution in [2.24, 2.45) is 11.7 Å². The lowest BCUT2D eigenvalue weighted by atomic mass is 9.97. The average molecular weight is 491 g/mol. The Kier molecular flexibility index (Phi) is 5.64. The normalized spacial score (nSPS) is 23.5. The minimum absolute atomic E-state index is 0.0573. The fourth-order valence-electron chi connectivity index (χ4n) is 4.83. The Labute approximate surface area is 206 Å². The number of ether oxygens (including phenoxy) is 3. The van der Waals surface area contributed by atoms with Crippen molar-refractivity contribution in [3.8, 4) is 28.4 Å². The number of carbonyl (C=O) groups excluding carboxylic acids is 1. The summed E-state index contributed by atoms with van der Waals surface area (Å²) in [7, 11) is 0. The summed E-state index contributed by atoms with van der Waals surface area (Å²) in [5.74, 6) is -0.420. The van der Waals surface area contributed by atoms with Gasteiger partial charge in [0, 0.05) is 17.9 Å². The number of carbonyl (C=O) groups is 1. The second-order valence-electron chi connectivity index (χ2n) is 8.86. The van der Waals surface area contributed by atoms with Crippen LogP contribution in [0.1, 0.15) is 6.42 Å². The summed E-state index contributed by atoms with van der Waals surface area (Å²) in [6, 6.07) is 20.4. The standard InChI is InChI=1S/C26H23ClN4O4/c27-18-11-19-25(30-22(18)16-8-6-15(7-9-16)14-4-2-1-3-5-14)31-26(29-19)35-20-13-34-23-17(10-21(28)32)12-33-24(20)23/h1-9,11,17,20,23-24H,10,12-13H2,(H2,28,32)(H,29,30,31). The van der Waals surface area contributed by atoms with Gasteiger partial charge in [-0.25, -0.2) is 4.98 Å². The number of hydrogen-bond donors (Lipinski definition) is 2. The number of amides is 1. The summed E-state index contributed by atoms with van der Waals surface area (Å²) in [4.78, 5) is 23.6. The van der Waals surface area contributed by atoms with Crippen molar-refractivity contribution in [3.63, 3.8) is 0 Å². The highest BCUT2D eigenvalue weighted by Gasteiger charge is 2.49. The molecule has 2 fully saturated rings. The molecule has 8 nitrogen and oxygen atoms in total. The quantitative estimate of drug-likeness (QED) is 0.422. The number of H-pyrrole nitrogens is 1. The molecule has 2 aromatic carbocycles. The van der Waals surface area contributed by atoms with E-state index in [0.717, 1.165) is 16.7 Å². The summed E-state index contributed by atoms with van der Waals surface area (Å²) in [6.45, 7) is 0.761. The monoisotopic (exact) mass is 490 g/mol. The van der Waals surface area contributed by atoms with Crippen LogP contribution in [-0.4, -0.2) is 52.4 Å². The van der Waals surface area contributed by atoms with Gasteiger partial charge < -0.3 is 24.9 Å². The maximum Gasteiger partial charge on any atom is 0.296 e. The molecule has 2 aliphatic heterocycles. The van der Waals surface area contributed by atoms with Crippen molar-refractivity contribution in [2.45, 2.75) is 24.7 Å². The minimum atomic E-state index is -0.363. The summed E-state index contributed by atoms with van der Waals surface area (Å²) in [5, 5.41) is 0.512. The summed E-state index contributed by atoms with van der Waals surface area (Å²) < 4.78 is 17.8. The molecule has 2 aliphatic rings. The molecule has 35 heavy (non-hydrogen) atoms. The van der Waals surface area contributed by atoms with Crippen molar-refractivity contribution in [3.05, 3.63) is 65.7 Å². The average Bonchev–Trinajstić information content (AvgIpc) is 3.55. The molecule has 0 saturated carbocycles. The Hall–Kier alpha value is -3.46. The first-order valence-corrected chi connectivity index (χ1v) is 11.8. The fraction of sp³-hybridized carbons (Fsp3) is 0.269. The molecular weight excluding hydrogens is 468 g/mol. The van der Waals surface area contributed by atoms with Crippen molar-refractivity contribution >= 4 is 28.7 Å². The van der Waals surface area contributed by atoms with Crippen LogP contribution >= 0.6 is 11.6 Å². The maximum absolute atomic E-state index is 11.3. The van der Waals surface area contributed by atoms with E-state index in [1.54, 1.807) is 6.07 Å². The predicted octanol–water partition coefficient (Wildman–Crippen LogP) is 3.98. The number of benzene rings is 2. The molecule has 9 heteroatoms. The SMILES string of the molecule is NC(=O)CC1COC2C(Oc3nc4nc(-c5ccc(-c6ccccc6)cc5)c(Cl)cc4[nH]3)COC12. The van der Waals surface area contributed by atoms with Crippen LogP contribution in [0.25, 0.3) is 33.5 Å². The minimum Gasteiger partial charge on any atom is -0.456 e. The zero-order valence-corrected chi connectivity index (χ0v) is 19.4. The summed E-state index contributed by atoms with van der Waals surface area (Å²) >= 11 is 6.58. The van der Waals surface area contributed by atoms with Crippen LogP contribution in [0.15, 0.2) is 60.7 Å². The molecule has 2 saturated heterocycles. The fourth-order valence-corrected chi connectivity index (χ4v) is 5.09. The highest BCUT2D eigenvalue weighted by atomic mass is 35.5. The number of hydrogen-bond acceptors (Lipinski definition) is 6. The molecule has 0 bridgehead atoms. The van der Waals surface area contributed by atoms with Gasteiger partial charge in [-0.3, -0.25) is 4.79 Å². The number of primary amides is 1.